The molecule has 4 aliphatic rings. The molecule has 3 unspecified atom stereocenters. The van der Waals surface area contributed by atoms with Gasteiger partial charge >= 0.3 is 0 Å². The van der Waals surface area contributed by atoms with Crippen LogP contribution in [0.5, 0.6) is 5.88 Å². The average Bonchev–Trinajstić information content (AvgIpc) is 3.42. The summed E-state index contributed by atoms with van der Waals surface area (Å²) < 4.78 is 8.05. The second-order valence-corrected chi connectivity index (χ2v) is 12.5. The van der Waals surface area contributed by atoms with Gasteiger partial charge in [0.1, 0.15) is 0 Å². The summed E-state index contributed by atoms with van der Waals surface area (Å²) in [5, 5.41) is 11.7. The van der Waals surface area contributed by atoms with Gasteiger partial charge in [-0.15, -0.1) is 0 Å². The van der Waals surface area contributed by atoms with Crippen LogP contribution in [0.3, 0.4) is 0 Å². The van der Waals surface area contributed by atoms with Crippen LogP contribution in [0, 0.1) is 12.8 Å². The highest BCUT2D eigenvalue weighted by Crippen LogP contribution is 2.45. The minimum Gasteiger partial charge on any atom is -0.477 e. The summed E-state index contributed by atoms with van der Waals surface area (Å²) in [5.41, 5.74) is 5.87. The summed E-state index contributed by atoms with van der Waals surface area (Å²) >= 11 is 0. The number of carbonyl (C=O) groups is 1. The van der Waals surface area contributed by atoms with Crippen molar-refractivity contribution in [3.63, 3.8) is 0 Å². The fraction of sp³-hybridized carbons (Fsp3) is 0.500. The first-order valence-electron chi connectivity index (χ1n) is 15.2. The highest BCUT2D eigenvalue weighted by atomic mass is 16.5. The Hall–Kier alpha value is -3.92. The Morgan fingerprint density at radius 1 is 1.10 bits per heavy atom. The van der Waals surface area contributed by atoms with Crippen LogP contribution in [0.15, 0.2) is 41.5 Å². The molecule has 7 rings (SSSR count). The number of benzene rings is 1. The van der Waals surface area contributed by atoms with E-state index in [0.717, 1.165) is 47.6 Å². The Morgan fingerprint density at radius 3 is 2.74 bits per heavy atom. The zero-order valence-corrected chi connectivity index (χ0v) is 24.9. The summed E-state index contributed by atoms with van der Waals surface area (Å²) in [5.74, 6) is 1.54. The monoisotopic (exact) mass is 568 g/mol. The van der Waals surface area contributed by atoms with E-state index < -0.39 is 0 Å². The second-order valence-electron chi connectivity index (χ2n) is 12.5. The van der Waals surface area contributed by atoms with Gasteiger partial charge in [-0.05, 0) is 102 Å². The number of anilines is 3. The van der Waals surface area contributed by atoms with Crippen molar-refractivity contribution in [2.24, 2.45) is 18.0 Å². The Balaban J connectivity index is 1.25. The molecule has 2 aliphatic heterocycles. The number of aliphatic imine (C=N–C) groups is 1. The standard InChI is InChI=1S/C32H40N8O2/c1-19-14-21-15-27(34-19)25-18-33-39(4)31(25)42-13-5-6-28(20-7-8-20)40-29-17-23(35-22-9-11-24(16-22)38(2)3)10-12-26(29)36-32(40)37-30(21)41/h10,12,14-15,17-18,20,22,24,28,35H,5-9,11,13,16H2,1-4H3,(H,36,37,41). The highest BCUT2D eigenvalue weighted by Gasteiger charge is 2.41. The van der Waals surface area contributed by atoms with Crippen LogP contribution >= 0.6 is 0 Å². The fourth-order valence-corrected chi connectivity index (χ4v) is 6.81. The molecule has 2 fully saturated rings. The van der Waals surface area contributed by atoms with Gasteiger partial charge < -0.3 is 25.2 Å². The van der Waals surface area contributed by atoms with Crippen molar-refractivity contribution in [1.29, 1.82) is 0 Å². The van der Waals surface area contributed by atoms with Crippen molar-refractivity contribution in [3.05, 3.63) is 47.8 Å². The fourth-order valence-electron chi connectivity index (χ4n) is 6.81. The molecule has 2 aliphatic carbocycles. The van der Waals surface area contributed by atoms with Crippen LogP contribution in [0.4, 0.5) is 17.1 Å². The van der Waals surface area contributed by atoms with Crippen molar-refractivity contribution in [3.8, 4) is 17.1 Å². The summed E-state index contributed by atoms with van der Waals surface area (Å²) in [6, 6.07) is 11.4. The van der Waals surface area contributed by atoms with Crippen LogP contribution in [-0.2, 0) is 7.05 Å². The molecule has 3 aromatic rings. The molecular formula is C32H40N8O2. The number of guanidine groups is 1. The topological polar surface area (TPSA) is 99.9 Å². The van der Waals surface area contributed by atoms with E-state index in [1.807, 2.05) is 14.0 Å². The molecular weight excluding hydrogens is 528 g/mol. The molecule has 42 heavy (non-hydrogen) atoms. The average molecular weight is 569 g/mol. The second kappa shape index (κ2) is 10.7. The van der Waals surface area contributed by atoms with Crippen LogP contribution in [0.1, 0.15) is 61.0 Å². The molecule has 3 atom stereocenters. The van der Waals surface area contributed by atoms with E-state index in [-0.39, 0.29) is 11.9 Å². The van der Waals surface area contributed by atoms with Gasteiger partial charge in [0.15, 0.2) is 0 Å². The first-order chi connectivity index (χ1) is 20.3. The van der Waals surface area contributed by atoms with Gasteiger partial charge in [0.2, 0.25) is 11.8 Å². The smallest absolute Gasteiger partial charge is 0.280 e. The van der Waals surface area contributed by atoms with Crippen LogP contribution < -0.4 is 20.3 Å². The SMILES string of the molecule is Cc1cc2cc(n1)-c1cnn(C)c1OCCCC(C1CC1)N1/C(=N/C2=O)Nc2ccc(NC3CCC(N(C)C)C3)cc21. The highest BCUT2D eigenvalue weighted by molar-refractivity contribution is 6.19. The summed E-state index contributed by atoms with van der Waals surface area (Å²) in [6.07, 6.45) is 9.45. The zero-order chi connectivity index (χ0) is 29.0. The quantitative estimate of drug-likeness (QED) is 0.450. The third kappa shape index (κ3) is 5.12. The van der Waals surface area contributed by atoms with Gasteiger partial charge in [-0.1, -0.05) is 0 Å². The van der Waals surface area contributed by atoms with Gasteiger partial charge in [-0.2, -0.15) is 10.1 Å². The number of nitrogens with zero attached hydrogens (tertiary/aromatic N) is 6. The van der Waals surface area contributed by atoms with Gasteiger partial charge in [-0.3, -0.25) is 9.78 Å². The van der Waals surface area contributed by atoms with Crippen LogP contribution in [-0.4, -0.2) is 70.4 Å². The Labute approximate surface area is 247 Å². The van der Waals surface area contributed by atoms with Gasteiger partial charge in [0.25, 0.3) is 5.91 Å². The maximum atomic E-state index is 13.7. The van der Waals surface area contributed by atoms with Gasteiger partial charge in [0, 0.05) is 42.1 Å². The summed E-state index contributed by atoms with van der Waals surface area (Å²) in [4.78, 5) is 27.8. The third-order valence-corrected chi connectivity index (χ3v) is 9.19. The minimum absolute atomic E-state index is 0.220. The summed E-state index contributed by atoms with van der Waals surface area (Å²) in [6.45, 7) is 2.47. The molecule has 0 spiro atoms. The first-order valence-corrected chi connectivity index (χ1v) is 15.2. The van der Waals surface area contributed by atoms with E-state index in [1.54, 1.807) is 23.0 Å². The number of hydrogen-bond donors (Lipinski definition) is 2. The van der Waals surface area contributed by atoms with Crippen molar-refractivity contribution in [1.82, 2.24) is 19.7 Å². The molecule has 220 valence electrons. The van der Waals surface area contributed by atoms with Gasteiger partial charge in [-0.25, -0.2) is 4.68 Å². The van der Waals surface area contributed by atoms with Gasteiger partial charge in [0.05, 0.1) is 35.4 Å². The molecule has 1 aromatic carbocycles. The lowest BCUT2D eigenvalue weighted by molar-refractivity contribution is 0.100. The lowest BCUT2D eigenvalue weighted by Crippen LogP contribution is -2.42. The molecule has 0 radical (unpaired) electrons. The minimum atomic E-state index is -0.293. The molecule has 10 nitrogen and oxygen atoms in total. The van der Waals surface area contributed by atoms with Crippen LogP contribution in [0.2, 0.25) is 0 Å². The number of pyridine rings is 1. The van der Waals surface area contributed by atoms with Crippen LogP contribution in [0.25, 0.3) is 11.3 Å². The maximum absolute atomic E-state index is 13.7. The predicted molar refractivity (Wildman–Crippen MR) is 165 cm³/mol. The molecule has 2 saturated carbocycles. The number of aromatic nitrogens is 3. The Morgan fingerprint density at radius 2 is 1.95 bits per heavy atom. The Bertz CT molecular complexity index is 1540. The Kier molecular flexibility index (Phi) is 6.88. The molecule has 10 heteroatoms. The van der Waals surface area contributed by atoms with E-state index in [0.29, 0.717) is 47.7 Å². The number of fused-ring (bicyclic) bond motifs is 7. The number of ether oxygens (including phenoxy) is 1. The number of aryl methyl sites for hydroxylation is 2. The third-order valence-electron chi connectivity index (χ3n) is 9.19. The van der Waals surface area contributed by atoms with E-state index in [1.165, 1.54) is 25.7 Å². The molecule has 2 bridgehead atoms. The predicted octanol–water partition coefficient (Wildman–Crippen LogP) is 5.06. The molecule has 4 heterocycles. The van der Waals surface area contributed by atoms with Crippen molar-refractivity contribution in [2.75, 3.05) is 36.2 Å². The van der Waals surface area contributed by atoms with Crippen molar-refractivity contribution < 1.29 is 9.53 Å². The van der Waals surface area contributed by atoms with E-state index in [4.69, 9.17) is 14.7 Å². The number of hydrogen-bond acceptors (Lipinski definition) is 8. The number of nitrogens with one attached hydrogen (secondary N) is 2. The molecule has 2 N–H and O–H groups in total. The molecule has 2 aromatic heterocycles. The number of rotatable bonds is 4. The molecule has 0 saturated heterocycles. The first kappa shape index (κ1) is 26.9. The van der Waals surface area contributed by atoms with E-state index >= 15 is 0 Å². The largest absolute Gasteiger partial charge is 0.477 e. The lowest BCUT2D eigenvalue weighted by atomic mass is 10.0. The normalized spacial score (nSPS) is 25.1. The lowest BCUT2D eigenvalue weighted by Gasteiger charge is -2.30. The number of carbonyl (C=O) groups excluding carboxylic acids is 1. The molecule has 1 amide bonds. The van der Waals surface area contributed by atoms with Crippen molar-refractivity contribution >= 4 is 28.9 Å². The summed E-state index contributed by atoms with van der Waals surface area (Å²) in [7, 11) is 6.21. The number of amides is 1. The van der Waals surface area contributed by atoms with E-state index in [9.17, 15) is 4.79 Å². The zero-order valence-electron chi connectivity index (χ0n) is 24.9. The maximum Gasteiger partial charge on any atom is 0.280 e. The van der Waals surface area contributed by atoms with Crippen molar-refractivity contribution in [2.45, 2.75) is 70.0 Å². The van der Waals surface area contributed by atoms with E-state index in [2.05, 4.69) is 57.8 Å².